The SMILES string of the molecule is CNC(=O)NC(=O)C(C)Oc1ccc(C#N)cc1OC. The number of carbonyl (C=O) groups excluding carboxylic acids is 2. The molecule has 0 saturated heterocycles. The van der Waals surface area contributed by atoms with Crippen molar-refractivity contribution in [1.29, 1.82) is 5.26 Å². The smallest absolute Gasteiger partial charge is 0.321 e. The monoisotopic (exact) mass is 277 g/mol. The highest BCUT2D eigenvalue weighted by molar-refractivity contribution is 5.96. The predicted molar refractivity (Wildman–Crippen MR) is 70.4 cm³/mol. The molecule has 1 aromatic rings. The number of rotatable bonds is 4. The van der Waals surface area contributed by atoms with Crippen molar-refractivity contribution >= 4 is 11.9 Å². The van der Waals surface area contributed by atoms with Crippen LogP contribution in [-0.2, 0) is 4.79 Å². The summed E-state index contributed by atoms with van der Waals surface area (Å²) < 4.78 is 10.5. The van der Waals surface area contributed by atoms with E-state index in [0.29, 0.717) is 17.1 Å². The van der Waals surface area contributed by atoms with E-state index < -0.39 is 18.0 Å². The van der Waals surface area contributed by atoms with Gasteiger partial charge in [-0.05, 0) is 19.1 Å². The lowest BCUT2D eigenvalue weighted by atomic mass is 10.2. The van der Waals surface area contributed by atoms with Crippen LogP contribution in [0.3, 0.4) is 0 Å². The van der Waals surface area contributed by atoms with Gasteiger partial charge >= 0.3 is 6.03 Å². The van der Waals surface area contributed by atoms with Gasteiger partial charge in [-0.15, -0.1) is 0 Å². The normalized spacial score (nSPS) is 10.9. The minimum atomic E-state index is -0.894. The Hall–Kier alpha value is -2.75. The van der Waals surface area contributed by atoms with Gasteiger partial charge in [0.25, 0.3) is 5.91 Å². The number of urea groups is 1. The molecule has 0 bridgehead atoms. The van der Waals surface area contributed by atoms with Crippen molar-refractivity contribution in [2.24, 2.45) is 0 Å². The van der Waals surface area contributed by atoms with E-state index in [1.807, 2.05) is 6.07 Å². The number of benzene rings is 1. The van der Waals surface area contributed by atoms with Gasteiger partial charge in [-0.2, -0.15) is 5.26 Å². The average molecular weight is 277 g/mol. The summed E-state index contributed by atoms with van der Waals surface area (Å²) in [7, 11) is 2.83. The highest BCUT2D eigenvalue weighted by Crippen LogP contribution is 2.28. The van der Waals surface area contributed by atoms with Crippen LogP contribution < -0.4 is 20.1 Å². The molecule has 1 aromatic carbocycles. The molecule has 0 spiro atoms. The maximum absolute atomic E-state index is 11.6. The zero-order chi connectivity index (χ0) is 15.1. The Labute approximate surface area is 116 Å². The summed E-state index contributed by atoms with van der Waals surface area (Å²) in [5.74, 6) is 0.0606. The topological polar surface area (TPSA) is 100 Å². The fourth-order valence-electron chi connectivity index (χ4n) is 1.35. The Morgan fingerprint density at radius 2 is 2.05 bits per heavy atom. The first-order chi connectivity index (χ1) is 9.51. The van der Waals surface area contributed by atoms with Crippen LogP contribution in [0.2, 0.25) is 0 Å². The summed E-state index contributed by atoms with van der Waals surface area (Å²) >= 11 is 0. The molecule has 0 radical (unpaired) electrons. The average Bonchev–Trinajstić information content (AvgIpc) is 2.47. The summed E-state index contributed by atoms with van der Waals surface area (Å²) in [6.07, 6.45) is -0.894. The molecule has 0 aliphatic heterocycles. The molecule has 3 amide bonds. The van der Waals surface area contributed by atoms with Gasteiger partial charge in [0.2, 0.25) is 0 Å². The van der Waals surface area contributed by atoms with E-state index in [9.17, 15) is 9.59 Å². The van der Waals surface area contributed by atoms with Gasteiger partial charge in [0, 0.05) is 13.1 Å². The number of carbonyl (C=O) groups is 2. The van der Waals surface area contributed by atoms with Gasteiger partial charge in [0.1, 0.15) is 0 Å². The molecular formula is C13H15N3O4. The van der Waals surface area contributed by atoms with Gasteiger partial charge in [0.15, 0.2) is 17.6 Å². The van der Waals surface area contributed by atoms with E-state index in [1.54, 1.807) is 6.07 Å². The van der Waals surface area contributed by atoms with Gasteiger partial charge < -0.3 is 14.8 Å². The molecule has 0 saturated carbocycles. The van der Waals surface area contributed by atoms with Crippen LogP contribution in [-0.4, -0.2) is 32.2 Å². The number of imide groups is 1. The molecule has 0 fully saturated rings. The third-order valence-electron chi connectivity index (χ3n) is 2.43. The summed E-state index contributed by atoms with van der Waals surface area (Å²) in [4.78, 5) is 22.7. The standard InChI is InChI=1S/C13H15N3O4/c1-8(12(17)16-13(18)15-2)20-10-5-4-9(7-14)6-11(10)19-3/h4-6,8H,1-3H3,(H2,15,16,17,18). The van der Waals surface area contributed by atoms with Crippen molar-refractivity contribution in [2.45, 2.75) is 13.0 Å². The van der Waals surface area contributed by atoms with Crippen molar-refractivity contribution in [3.8, 4) is 17.6 Å². The van der Waals surface area contributed by atoms with E-state index >= 15 is 0 Å². The number of hydrogen-bond donors (Lipinski definition) is 2. The van der Waals surface area contributed by atoms with Crippen molar-refractivity contribution in [3.05, 3.63) is 23.8 Å². The summed E-state index contributed by atoms with van der Waals surface area (Å²) in [5.41, 5.74) is 0.414. The molecule has 106 valence electrons. The number of amides is 3. The predicted octanol–water partition coefficient (Wildman–Crippen LogP) is 0.790. The second kappa shape index (κ2) is 6.99. The zero-order valence-corrected chi connectivity index (χ0v) is 11.4. The van der Waals surface area contributed by atoms with Crippen LogP contribution in [0.5, 0.6) is 11.5 Å². The molecule has 0 heterocycles. The van der Waals surface area contributed by atoms with Gasteiger partial charge in [-0.1, -0.05) is 0 Å². The largest absolute Gasteiger partial charge is 0.493 e. The third-order valence-corrected chi connectivity index (χ3v) is 2.43. The summed E-state index contributed by atoms with van der Waals surface area (Å²) in [6, 6.07) is 5.93. The van der Waals surface area contributed by atoms with Crippen molar-refractivity contribution in [3.63, 3.8) is 0 Å². The molecule has 0 aliphatic carbocycles. The van der Waals surface area contributed by atoms with Crippen molar-refractivity contribution in [1.82, 2.24) is 10.6 Å². The Kier molecular flexibility index (Phi) is 5.35. The third kappa shape index (κ3) is 3.88. The Balaban J connectivity index is 2.80. The number of nitriles is 1. The molecular weight excluding hydrogens is 262 g/mol. The molecule has 20 heavy (non-hydrogen) atoms. The van der Waals surface area contributed by atoms with E-state index in [-0.39, 0.29) is 0 Å². The first-order valence-corrected chi connectivity index (χ1v) is 5.79. The minimum absolute atomic E-state index is 0.311. The highest BCUT2D eigenvalue weighted by Gasteiger charge is 2.18. The van der Waals surface area contributed by atoms with Crippen LogP contribution >= 0.6 is 0 Å². The first-order valence-electron chi connectivity index (χ1n) is 5.79. The van der Waals surface area contributed by atoms with Crippen molar-refractivity contribution < 1.29 is 19.1 Å². The van der Waals surface area contributed by atoms with E-state index in [2.05, 4.69) is 10.6 Å². The van der Waals surface area contributed by atoms with Crippen LogP contribution in [0.25, 0.3) is 0 Å². The van der Waals surface area contributed by atoms with Gasteiger partial charge in [-0.25, -0.2) is 4.79 Å². The molecule has 1 atom stereocenters. The Morgan fingerprint density at radius 1 is 1.35 bits per heavy atom. The lowest BCUT2D eigenvalue weighted by Gasteiger charge is -2.16. The zero-order valence-electron chi connectivity index (χ0n) is 11.4. The lowest BCUT2D eigenvalue weighted by Crippen LogP contribution is -2.43. The van der Waals surface area contributed by atoms with Crippen LogP contribution in [0, 0.1) is 11.3 Å². The van der Waals surface area contributed by atoms with Crippen LogP contribution in [0.4, 0.5) is 4.79 Å². The number of ether oxygens (including phenoxy) is 2. The second-order valence-corrected chi connectivity index (χ2v) is 3.81. The Morgan fingerprint density at radius 3 is 2.60 bits per heavy atom. The molecule has 1 unspecified atom stereocenters. The number of hydrogen-bond acceptors (Lipinski definition) is 5. The maximum Gasteiger partial charge on any atom is 0.321 e. The minimum Gasteiger partial charge on any atom is -0.493 e. The summed E-state index contributed by atoms with van der Waals surface area (Å²) in [6.45, 7) is 1.50. The fraction of sp³-hybridized carbons (Fsp3) is 0.308. The van der Waals surface area contributed by atoms with Crippen molar-refractivity contribution in [2.75, 3.05) is 14.2 Å². The first kappa shape index (κ1) is 15.3. The van der Waals surface area contributed by atoms with E-state index in [0.717, 1.165) is 0 Å². The molecule has 0 aromatic heterocycles. The number of methoxy groups -OCH3 is 1. The highest BCUT2D eigenvalue weighted by atomic mass is 16.5. The number of nitrogens with one attached hydrogen (secondary N) is 2. The molecule has 0 aliphatic rings. The Bertz CT molecular complexity index is 551. The molecule has 1 rings (SSSR count). The van der Waals surface area contributed by atoms with Gasteiger partial charge in [-0.3, -0.25) is 10.1 Å². The maximum atomic E-state index is 11.6. The lowest BCUT2D eigenvalue weighted by molar-refractivity contribution is -0.126. The van der Waals surface area contributed by atoms with Crippen LogP contribution in [0.1, 0.15) is 12.5 Å². The fourth-order valence-corrected chi connectivity index (χ4v) is 1.35. The number of nitrogens with zero attached hydrogens (tertiary/aromatic N) is 1. The quantitative estimate of drug-likeness (QED) is 0.847. The van der Waals surface area contributed by atoms with E-state index in [1.165, 1.54) is 33.2 Å². The van der Waals surface area contributed by atoms with Crippen LogP contribution in [0.15, 0.2) is 18.2 Å². The molecule has 2 N–H and O–H groups in total. The molecule has 7 nitrogen and oxygen atoms in total. The second-order valence-electron chi connectivity index (χ2n) is 3.81. The van der Waals surface area contributed by atoms with Gasteiger partial charge in [0.05, 0.1) is 18.7 Å². The summed E-state index contributed by atoms with van der Waals surface area (Å²) in [5, 5.41) is 13.2. The molecule has 7 heteroatoms. The van der Waals surface area contributed by atoms with E-state index in [4.69, 9.17) is 14.7 Å².